The Balaban J connectivity index is 1.80. The lowest BCUT2D eigenvalue weighted by Crippen LogP contribution is -2.14. The fourth-order valence-corrected chi connectivity index (χ4v) is 4.33. The number of aromatic nitrogens is 2. The zero-order valence-electron chi connectivity index (χ0n) is 17.0. The molecule has 2 heterocycles. The number of rotatable bonds is 6. The van der Waals surface area contributed by atoms with Crippen molar-refractivity contribution in [2.24, 2.45) is 5.41 Å². The highest BCUT2D eigenvalue weighted by Crippen LogP contribution is 2.34. The first-order valence-electron chi connectivity index (χ1n) is 9.91. The van der Waals surface area contributed by atoms with Crippen LogP contribution >= 0.6 is 11.9 Å². The van der Waals surface area contributed by atoms with Gasteiger partial charge in [0.05, 0.1) is 11.3 Å². The van der Waals surface area contributed by atoms with Gasteiger partial charge in [-0.25, -0.2) is 4.39 Å². The summed E-state index contributed by atoms with van der Waals surface area (Å²) in [6, 6.07) is 8.93. The molecule has 150 valence electrons. The van der Waals surface area contributed by atoms with Gasteiger partial charge in [-0.2, -0.15) is 5.26 Å². The van der Waals surface area contributed by atoms with Crippen molar-refractivity contribution >= 4 is 22.9 Å². The van der Waals surface area contributed by atoms with E-state index in [0.29, 0.717) is 23.4 Å². The summed E-state index contributed by atoms with van der Waals surface area (Å²) in [7, 11) is 0. The van der Waals surface area contributed by atoms with Gasteiger partial charge >= 0.3 is 0 Å². The average molecular weight is 409 g/mol. The smallest absolute Gasteiger partial charge is 0.133 e. The van der Waals surface area contributed by atoms with Crippen LogP contribution in [-0.2, 0) is 13.1 Å². The summed E-state index contributed by atoms with van der Waals surface area (Å²) < 4.78 is 20.8. The number of nitrogens with one attached hydrogen (secondary N) is 1. The highest BCUT2D eigenvalue weighted by Gasteiger charge is 2.23. The molecular formula is C23H25FN4S. The molecule has 0 bridgehead atoms. The molecule has 0 saturated heterocycles. The maximum atomic E-state index is 15.1. The Hall–Kier alpha value is -2.36. The minimum Gasteiger partial charge on any atom is -0.347 e. The minimum atomic E-state index is -0.350. The van der Waals surface area contributed by atoms with Crippen molar-refractivity contribution in [1.29, 1.82) is 5.26 Å². The third-order valence-electron chi connectivity index (χ3n) is 4.92. The minimum absolute atomic E-state index is 0.0801. The first kappa shape index (κ1) is 19.9. The van der Waals surface area contributed by atoms with Gasteiger partial charge in [0.2, 0.25) is 0 Å². The summed E-state index contributed by atoms with van der Waals surface area (Å²) in [5.74, 6) is -0.350. The molecular weight excluding hydrogens is 383 g/mol. The molecule has 6 heteroatoms. The molecule has 0 amide bonds. The van der Waals surface area contributed by atoms with Crippen LogP contribution in [0.15, 0.2) is 36.7 Å². The summed E-state index contributed by atoms with van der Waals surface area (Å²) in [5, 5.41) is 11.0. The molecule has 0 radical (unpaired) electrons. The SMILES string of the molecule is CC(C)(C)Cn1cc(CNSC2CC2)c2cc(F)c(-c3ncccc3C#N)cc21. The van der Waals surface area contributed by atoms with Gasteiger partial charge in [-0.15, -0.1) is 0 Å². The lowest BCUT2D eigenvalue weighted by atomic mass is 9.97. The number of benzene rings is 1. The average Bonchev–Trinajstić information content (AvgIpc) is 3.44. The van der Waals surface area contributed by atoms with Gasteiger partial charge in [0.25, 0.3) is 0 Å². The lowest BCUT2D eigenvalue weighted by molar-refractivity contribution is 0.349. The molecule has 0 spiro atoms. The molecule has 1 saturated carbocycles. The number of pyridine rings is 1. The van der Waals surface area contributed by atoms with E-state index in [2.05, 4.69) is 47.3 Å². The predicted molar refractivity (Wildman–Crippen MR) is 117 cm³/mol. The molecule has 1 aliphatic carbocycles. The lowest BCUT2D eigenvalue weighted by Gasteiger charge is -2.20. The number of fused-ring (bicyclic) bond motifs is 1. The fourth-order valence-electron chi connectivity index (χ4n) is 3.48. The Morgan fingerprint density at radius 1 is 1.34 bits per heavy atom. The number of hydrogen-bond donors (Lipinski definition) is 1. The Bertz CT molecular complexity index is 1090. The Morgan fingerprint density at radius 2 is 2.14 bits per heavy atom. The van der Waals surface area contributed by atoms with Gasteiger partial charge in [-0.3, -0.25) is 9.71 Å². The fraction of sp³-hybridized carbons (Fsp3) is 0.391. The van der Waals surface area contributed by atoms with Crippen molar-refractivity contribution < 1.29 is 4.39 Å². The zero-order valence-corrected chi connectivity index (χ0v) is 17.8. The molecule has 1 aliphatic rings. The summed E-state index contributed by atoms with van der Waals surface area (Å²) in [6.45, 7) is 8.09. The van der Waals surface area contributed by atoms with Crippen LogP contribution in [0.4, 0.5) is 4.39 Å². The van der Waals surface area contributed by atoms with Gasteiger partial charge in [0.1, 0.15) is 11.9 Å². The predicted octanol–water partition coefficient (Wildman–Crippen LogP) is 5.66. The molecule has 1 aromatic carbocycles. The molecule has 4 rings (SSSR count). The van der Waals surface area contributed by atoms with Crippen molar-refractivity contribution in [2.75, 3.05) is 0 Å². The monoisotopic (exact) mass is 408 g/mol. The van der Waals surface area contributed by atoms with E-state index in [1.165, 1.54) is 12.8 Å². The maximum absolute atomic E-state index is 15.1. The molecule has 4 nitrogen and oxygen atoms in total. The van der Waals surface area contributed by atoms with E-state index in [1.54, 1.807) is 36.3 Å². The first-order valence-corrected chi connectivity index (χ1v) is 10.8. The molecule has 29 heavy (non-hydrogen) atoms. The Labute approximate surface area is 175 Å². The van der Waals surface area contributed by atoms with Gasteiger partial charge < -0.3 is 4.57 Å². The van der Waals surface area contributed by atoms with Crippen molar-refractivity contribution in [3.05, 3.63) is 53.6 Å². The van der Waals surface area contributed by atoms with Gasteiger partial charge in [0, 0.05) is 47.2 Å². The molecule has 1 N–H and O–H groups in total. The van der Waals surface area contributed by atoms with Crippen molar-refractivity contribution in [3.63, 3.8) is 0 Å². The van der Waals surface area contributed by atoms with E-state index in [4.69, 9.17) is 0 Å². The molecule has 1 fully saturated rings. The van der Waals surface area contributed by atoms with Crippen molar-refractivity contribution in [1.82, 2.24) is 14.3 Å². The van der Waals surface area contributed by atoms with E-state index in [9.17, 15) is 5.26 Å². The van der Waals surface area contributed by atoms with Crippen LogP contribution in [0, 0.1) is 22.6 Å². The number of nitrogens with zero attached hydrogens (tertiary/aromatic N) is 3. The second-order valence-electron chi connectivity index (χ2n) is 8.84. The topological polar surface area (TPSA) is 53.6 Å². The summed E-state index contributed by atoms with van der Waals surface area (Å²) in [4.78, 5) is 4.29. The number of hydrogen-bond acceptors (Lipinski definition) is 4. The number of halogens is 1. The molecule has 3 aromatic rings. The van der Waals surface area contributed by atoms with Crippen LogP contribution < -0.4 is 4.72 Å². The van der Waals surface area contributed by atoms with E-state index < -0.39 is 0 Å². The highest BCUT2D eigenvalue weighted by atomic mass is 32.2. The van der Waals surface area contributed by atoms with Crippen LogP contribution in [-0.4, -0.2) is 14.8 Å². The van der Waals surface area contributed by atoms with Crippen molar-refractivity contribution in [2.45, 2.75) is 52.0 Å². The summed E-state index contributed by atoms with van der Waals surface area (Å²) >= 11 is 1.78. The quantitative estimate of drug-likeness (QED) is 0.535. The van der Waals surface area contributed by atoms with E-state index in [-0.39, 0.29) is 11.2 Å². The van der Waals surface area contributed by atoms with E-state index in [0.717, 1.165) is 28.3 Å². The van der Waals surface area contributed by atoms with Crippen LogP contribution in [0.5, 0.6) is 0 Å². The van der Waals surface area contributed by atoms with Crippen LogP contribution in [0.3, 0.4) is 0 Å². The van der Waals surface area contributed by atoms with Crippen LogP contribution in [0.1, 0.15) is 44.7 Å². The summed E-state index contributed by atoms with van der Waals surface area (Å²) in [6.07, 6.45) is 6.27. The van der Waals surface area contributed by atoms with Gasteiger partial charge in [-0.1, -0.05) is 32.7 Å². The Kier molecular flexibility index (Phi) is 5.37. The standard InChI is InChI=1S/C23H25FN4S/c1-23(2,3)14-28-13-16(12-27-29-17-6-7-17)18-9-20(24)19(10-21(18)28)22-15(11-25)5-4-8-26-22/h4-5,8-10,13,17,27H,6-7,12,14H2,1-3H3. The third kappa shape index (κ3) is 4.47. The summed E-state index contributed by atoms with van der Waals surface area (Å²) in [5.41, 5.74) is 3.28. The van der Waals surface area contributed by atoms with E-state index >= 15 is 4.39 Å². The van der Waals surface area contributed by atoms with Gasteiger partial charge in [0.15, 0.2) is 0 Å². The molecule has 0 unspecified atom stereocenters. The maximum Gasteiger partial charge on any atom is 0.133 e. The van der Waals surface area contributed by atoms with E-state index in [1.807, 2.05) is 6.07 Å². The number of nitriles is 1. The molecule has 0 atom stereocenters. The second kappa shape index (κ2) is 7.81. The van der Waals surface area contributed by atoms with Crippen LogP contribution in [0.2, 0.25) is 0 Å². The van der Waals surface area contributed by atoms with Crippen LogP contribution in [0.25, 0.3) is 22.2 Å². The molecule has 2 aromatic heterocycles. The third-order valence-corrected chi connectivity index (χ3v) is 6.03. The van der Waals surface area contributed by atoms with Gasteiger partial charge in [-0.05, 0) is 48.1 Å². The molecule has 0 aliphatic heterocycles. The second-order valence-corrected chi connectivity index (χ2v) is 10.0. The zero-order chi connectivity index (χ0) is 20.6. The largest absolute Gasteiger partial charge is 0.347 e. The Morgan fingerprint density at radius 3 is 2.83 bits per heavy atom. The highest BCUT2D eigenvalue weighted by molar-refractivity contribution is 7.98. The first-order chi connectivity index (χ1) is 13.9. The normalized spacial score (nSPS) is 14.3. The van der Waals surface area contributed by atoms with Crippen molar-refractivity contribution in [3.8, 4) is 17.3 Å².